The average molecular weight is 528 g/mol. The summed E-state index contributed by atoms with van der Waals surface area (Å²) in [5, 5.41) is 16.6. The molecule has 3 aromatic rings. The van der Waals surface area contributed by atoms with Crippen LogP contribution in [-0.2, 0) is 32.1 Å². The second-order valence-electron chi connectivity index (χ2n) is 8.92. The summed E-state index contributed by atoms with van der Waals surface area (Å²) in [6.07, 6.45) is 2.04. The molecule has 196 valence electrons. The predicted octanol–water partition coefficient (Wildman–Crippen LogP) is 3.03. The lowest BCUT2D eigenvalue weighted by atomic mass is 9.98. The van der Waals surface area contributed by atoms with Crippen molar-refractivity contribution in [3.63, 3.8) is 0 Å². The molecule has 37 heavy (non-hydrogen) atoms. The summed E-state index contributed by atoms with van der Waals surface area (Å²) in [6.45, 7) is 1.98. The molecule has 1 aliphatic rings. The van der Waals surface area contributed by atoms with Crippen molar-refractivity contribution in [2.45, 2.75) is 31.8 Å². The molecule has 0 unspecified atom stereocenters. The Morgan fingerprint density at radius 1 is 1.19 bits per heavy atom. The van der Waals surface area contributed by atoms with Gasteiger partial charge in [0.15, 0.2) is 0 Å². The van der Waals surface area contributed by atoms with Crippen LogP contribution < -0.4 is 15.4 Å². The Balaban J connectivity index is 1.49. The number of aliphatic carboxylic acids is 1. The standard InChI is InChI=1S/C27H30ClN3O6/c28-20-5-7-21(8-6-20)37-12-9-18(16-25(32)33)26(34)30-23-15-19-17-31(24-4-2-1-3-22(19)24)11-14-36-13-10-29-27(23)35/h1-8,17-18,23H,9-16H2,(H,29,35)(H,30,34)(H,32,33)/t18-,23+/m1/s1. The lowest BCUT2D eigenvalue weighted by Gasteiger charge is -2.22. The van der Waals surface area contributed by atoms with E-state index >= 15 is 0 Å². The van der Waals surface area contributed by atoms with Gasteiger partial charge in [0, 0.05) is 41.6 Å². The van der Waals surface area contributed by atoms with Gasteiger partial charge in [0.05, 0.1) is 32.2 Å². The van der Waals surface area contributed by atoms with E-state index in [-0.39, 0.29) is 31.8 Å². The zero-order chi connectivity index (χ0) is 26.2. The van der Waals surface area contributed by atoms with Crippen LogP contribution in [0, 0.1) is 5.92 Å². The van der Waals surface area contributed by atoms with Crippen LogP contribution >= 0.6 is 11.6 Å². The van der Waals surface area contributed by atoms with E-state index in [0.717, 1.165) is 16.5 Å². The van der Waals surface area contributed by atoms with Crippen molar-refractivity contribution in [1.82, 2.24) is 15.2 Å². The first-order valence-corrected chi connectivity index (χ1v) is 12.6. The van der Waals surface area contributed by atoms with Crippen LogP contribution in [0.5, 0.6) is 5.75 Å². The van der Waals surface area contributed by atoms with Gasteiger partial charge in [0.1, 0.15) is 11.8 Å². The molecule has 2 bridgehead atoms. The second kappa shape index (κ2) is 12.6. The van der Waals surface area contributed by atoms with Gasteiger partial charge in [-0.05, 0) is 42.3 Å². The normalized spacial score (nSPS) is 17.2. The average Bonchev–Trinajstić information content (AvgIpc) is 3.22. The van der Waals surface area contributed by atoms with E-state index in [4.69, 9.17) is 21.1 Å². The summed E-state index contributed by atoms with van der Waals surface area (Å²) in [5.41, 5.74) is 1.94. The number of nitrogens with one attached hydrogen (secondary N) is 2. The van der Waals surface area contributed by atoms with Crippen molar-refractivity contribution in [1.29, 1.82) is 0 Å². The van der Waals surface area contributed by atoms with Crippen LogP contribution in [0.2, 0.25) is 5.02 Å². The van der Waals surface area contributed by atoms with Gasteiger partial charge in [-0.3, -0.25) is 14.4 Å². The molecule has 1 aromatic heterocycles. The Morgan fingerprint density at radius 2 is 1.97 bits per heavy atom. The van der Waals surface area contributed by atoms with Gasteiger partial charge >= 0.3 is 5.97 Å². The third-order valence-corrected chi connectivity index (χ3v) is 6.54. The van der Waals surface area contributed by atoms with Gasteiger partial charge in [-0.1, -0.05) is 29.8 Å². The van der Waals surface area contributed by atoms with E-state index in [0.29, 0.717) is 37.1 Å². The summed E-state index contributed by atoms with van der Waals surface area (Å²) < 4.78 is 13.4. The molecule has 0 aliphatic carbocycles. The molecular formula is C27H30ClN3O6. The largest absolute Gasteiger partial charge is 0.494 e. The molecule has 9 nitrogen and oxygen atoms in total. The maximum absolute atomic E-state index is 13.2. The number of hydrogen-bond acceptors (Lipinski definition) is 5. The lowest BCUT2D eigenvalue weighted by Crippen LogP contribution is -2.50. The van der Waals surface area contributed by atoms with E-state index < -0.39 is 23.8 Å². The minimum absolute atomic E-state index is 0.134. The first kappa shape index (κ1) is 26.5. The molecule has 0 spiro atoms. The molecule has 2 heterocycles. The van der Waals surface area contributed by atoms with Crippen LogP contribution in [0.15, 0.2) is 54.7 Å². The van der Waals surface area contributed by atoms with Crippen LogP contribution in [-0.4, -0.2) is 59.9 Å². The number of carboxylic acid groups (broad SMARTS) is 1. The highest BCUT2D eigenvalue weighted by Crippen LogP contribution is 2.23. The minimum atomic E-state index is -1.10. The number of para-hydroxylation sites is 1. The van der Waals surface area contributed by atoms with Crippen LogP contribution in [0.1, 0.15) is 18.4 Å². The second-order valence-corrected chi connectivity index (χ2v) is 9.36. The van der Waals surface area contributed by atoms with Crippen LogP contribution in [0.3, 0.4) is 0 Å². The number of fused-ring (bicyclic) bond motifs is 5. The Kier molecular flexibility index (Phi) is 9.03. The van der Waals surface area contributed by atoms with Gasteiger partial charge in [-0.25, -0.2) is 0 Å². The van der Waals surface area contributed by atoms with Crippen molar-refractivity contribution in [2.75, 3.05) is 26.4 Å². The number of ether oxygens (including phenoxy) is 2. The number of aromatic nitrogens is 1. The van der Waals surface area contributed by atoms with Crippen LogP contribution in [0.4, 0.5) is 0 Å². The number of carboxylic acids is 1. The Bertz CT molecular complexity index is 1240. The molecule has 3 N–H and O–H groups in total. The SMILES string of the molecule is O=C(O)C[C@@H](CCOc1ccc(Cl)cc1)C(=O)N[C@H]1Cc2cn(c3ccccc23)CCOCCNC1=O. The maximum Gasteiger partial charge on any atom is 0.304 e. The summed E-state index contributed by atoms with van der Waals surface area (Å²) in [4.78, 5) is 37.8. The molecule has 2 atom stereocenters. The number of rotatable bonds is 8. The summed E-state index contributed by atoms with van der Waals surface area (Å²) in [7, 11) is 0. The third-order valence-electron chi connectivity index (χ3n) is 6.29. The third kappa shape index (κ3) is 7.24. The summed E-state index contributed by atoms with van der Waals surface area (Å²) in [5.74, 6) is -2.26. The quantitative estimate of drug-likeness (QED) is 0.414. The molecular weight excluding hydrogens is 498 g/mol. The van der Waals surface area contributed by atoms with Crippen molar-refractivity contribution < 1.29 is 29.0 Å². The smallest absolute Gasteiger partial charge is 0.304 e. The number of nitrogens with zero attached hydrogens (tertiary/aromatic N) is 1. The molecule has 0 saturated carbocycles. The number of benzene rings is 2. The molecule has 4 rings (SSSR count). The fourth-order valence-electron chi connectivity index (χ4n) is 4.41. The number of carbonyl (C=O) groups excluding carboxylic acids is 2. The molecule has 10 heteroatoms. The summed E-state index contributed by atoms with van der Waals surface area (Å²) >= 11 is 5.89. The number of carbonyl (C=O) groups is 3. The van der Waals surface area contributed by atoms with E-state index in [1.165, 1.54) is 0 Å². The van der Waals surface area contributed by atoms with Crippen molar-refractivity contribution in [3.8, 4) is 5.75 Å². The monoisotopic (exact) mass is 527 g/mol. The molecule has 0 fully saturated rings. The first-order chi connectivity index (χ1) is 17.9. The lowest BCUT2D eigenvalue weighted by molar-refractivity contribution is -0.141. The van der Waals surface area contributed by atoms with E-state index in [1.807, 2.05) is 30.5 Å². The van der Waals surface area contributed by atoms with Gasteiger partial charge in [0.2, 0.25) is 11.8 Å². The van der Waals surface area contributed by atoms with Crippen molar-refractivity contribution >= 4 is 40.3 Å². The van der Waals surface area contributed by atoms with Gasteiger partial charge in [-0.15, -0.1) is 0 Å². The fourth-order valence-corrected chi connectivity index (χ4v) is 4.54. The zero-order valence-corrected chi connectivity index (χ0v) is 21.1. The topological polar surface area (TPSA) is 119 Å². The van der Waals surface area contributed by atoms with Gasteiger partial charge in [-0.2, -0.15) is 0 Å². The Hall–Kier alpha value is -3.56. The molecule has 1 aliphatic heterocycles. The number of halogens is 1. The highest BCUT2D eigenvalue weighted by molar-refractivity contribution is 6.30. The molecule has 0 radical (unpaired) electrons. The zero-order valence-electron chi connectivity index (χ0n) is 20.3. The maximum atomic E-state index is 13.2. The Morgan fingerprint density at radius 3 is 2.76 bits per heavy atom. The van der Waals surface area contributed by atoms with Crippen molar-refractivity contribution in [3.05, 3.63) is 65.3 Å². The predicted molar refractivity (Wildman–Crippen MR) is 139 cm³/mol. The fraction of sp³-hybridized carbons (Fsp3) is 0.370. The number of amides is 2. The minimum Gasteiger partial charge on any atom is -0.494 e. The van der Waals surface area contributed by atoms with E-state index in [1.54, 1.807) is 24.3 Å². The summed E-state index contributed by atoms with van der Waals surface area (Å²) in [6, 6.07) is 13.8. The molecule has 2 amide bonds. The molecule has 2 aromatic carbocycles. The highest BCUT2D eigenvalue weighted by atomic mass is 35.5. The molecule has 0 saturated heterocycles. The van der Waals surface area contributed by atoms with Crippen LogP contribution in [0.25, 0.3) is 10.9 Å². The number of hydrogen-bond donors (Lipinski definition) is 3. The van der Waals surface area contributed by atoms with E-state index in [9.17, 15) is 19.5 Å². The highest BCUT2D eigenvalue weighted by Gasteiger charge is 2.28. The van der Waals surface area contributed by atoms with E-state index in [2.05, 4.69) is 15.2 Å². The van der Waals surface area contributed by atoms with Crippen molar-refractivity contribution in [2.24, 2.45) is 5.92 Å². The van der Waals surface area contributed by atoms with Gasteiger partial charge in [0.25, 0.3) is 0 Å². The van der Waals surface area contributed by atoms with Gasteiger partial charge < -0.3 is 29.8 Å². The Labute approximate surface area is 219 Å². The first-order valence-electron chi connectivity index (χ1n) is 12.2.